The first-order chi connectivity index (χ1) is 9.97. The van der Waals surface area contributed by atoms with Gasteiger partial charge in [-0.15, -0.1) is 0 Å². The Bertz CT molecular complexity index is 533. The van der Waals surface area contributed by atoms with Crippen molar-refractivity contribution in [3.63, 3.8) is 0 Å². The second-order valence-corrected chi connectivity index (χ2v) is 5.71. The lowest BCUT2D eigenvalue weighted by Gasteiger charge is -2.27. The van der Waals surface area contributed by atoms with Gasteiger partial charge in [-0.2, -0.15) is 0 Å². The molecule has 0 radical (unpaired) electrons. The van der Waals surface area contributed by atoms with Crippen molar-refractivity contribution in [3.05, 3.63) is 39.9 Å². The zero-order chi connectivity index (χ0) is 15.4. The van der Waals surface area contributed by atoms with Crippen LogP contribution in [-0.4, -0.2) is 16.9 Å². The quantitative estimate of drug-likeness (QED) is 0.656. The number of carbonyl (C=O) groups excluding carboxylic acids is 1. The third kappa shape index (κ3) is 4.01. The van der Waals surface area contributed by atoms with Crippen LogP contribution in [-0.2, 0) is 4.79 Å². The van der Waals surface area contributed by atoms with Gasteiger partial charge in [0.05, 0.1) is 11.0 Å². The van der Waals surface area contributed by atoms with E-state index in [-0.39, 0.29) is 29.6 Å². The monoisotopic (exact) mass is 291 g/mol. The Labute approximate surface area is 123 Å². The Hall–Kier alpha value is -1.95. The van der Waals surface area contributed by atoms with Gasteiger partial charge < -0.3 is 11.1 Å². The Morgan fingerprint density at radius 1 is 1.48 bits per heavy atom. The first kappa shape index (κ1) is 15.4. The topological polar surface area (TPSA) is 98.3 Å². The molecule has 1 aliphatic carbocycles. The van der Waals surface area contributed by atoms with Crippen molar-refractivity contribution in [2.24, 2.45) is 11.7 Å². The number of hydrogen-bond acceptors (Lipinski definition) is 4. The third-order valence-corrected chi connectivity index (χ3v) is 4.03. The molecule has 0 aliphatic heterocycles. The van der Waals surface area contributed by atoms with Crippen LogP contribution in [0, 0.1) is 16.0 Å². The summed E-state index contributed by atoms with van der Waals surface area (Å²) in [6.45, 7) is 1.83. The van der Waals surface area contributed by atoms with Gasteiger partial charge in [0.2, 0.25) is 5.91 Å². The van der Waals surface area contributed by atoms with E-state index in [0.29, 0.717) is 6.42 Å². The van der Waals surface area contributed by atoms with Crippen molar-refractivity contribution in [1.29, 1.82) is 0 Å². The van der Waals surface area contributed by atoms with Gasteiger partial charge in [0.1, 0.15) is 0 Å². The molecule has 0 bridgehead atoms. The van der Waals surface area contributed by atoms with Crippen molar-refractivity contribution in [2.45, 2.75) is 44.7 Å². The van der Waals surface area contributed by atoms with Gasteiger partial charge in [0.15, 0.2) is 0 Å². The lowest BCUT2D eigenvalue weighted by Crippen LogP contribution is -2.38. The van der Waals surface area contributed by atoms with E-state index in [1.807, 2.05) is 6.92 Å². The number of nitro benzene ring substituents is 1. The molecule has 2 rings (SSSR count). The van der Waals surface area contributed by atoms with Gasteiger partial charge in [-0.05, 0) is 31.7 Å². The average molecular weight is 291 g/mol. The van der Waals surface area contributed by atoms with E-state index in [1.54, 1.807) is 12.1 Å². The highest BCUT2D eigenvalue weighted by atomic mass is 16.6. The molecular formula is C15H21N3O3. The SMILES string of the molecule is CC(NC(=O)C1CCCC(N)C1)c1cccc([N+](=O)[O-])c1. The summed E-state index contributed by atoms with van der Waals surface area (Å²) in [5.41, 5.74) is 6.67. The van der Waals surface area contributed by atoms with Crippen LogP contribution in [0.5, 0.6) is 0 Å². The third-order valence-electron chi connectivity index (χ3n) is 4.03. The zero-order valence-corrected chi connectivity index (χ0v) is 12.1. The molecule has 1 saturated carbocycles. The minimum atomic E-state index is -0.432. The van der Waals surface area contributed by atoms with Gasteiger partial charge >= 0.3 is 0 Å². The maximum Gasteiger partial charge on any atom is 0.269 e. The molecule has 0 saturated heterocycles. The summed E-state index contributed by atoms with van der Waals surface area (Å²) in [5, 5.41) is 13.7. The van der Waals surface area contributed by atoms with Crippen molar-refractivity contribution in [1.82, 2.24) is 5.32 Å². The van der Waals surface area contributed by atoms with Crippen LogP contribution in [0.4, 0.5) is 5.69 Å². The highest BCUT2D eigenvalue weighted by Gasteiger charge is 2.26. The van der Waals surface area contributed by atoms with Crippen LogP contribution >= 0.6 is 0 Å². The van der Waals surface area contributed by atoms with Crippen LogP contribution in [0.1, 0.15) is 44.2 Å². The molecular weight excluding hydrogens is 270 g/mol. The lowest BCUT2D eigenvalue weighted by molar-refractivity contribution is -0.384. The molecule has 0 heterocycles. The molecule has 3 unspecified atom stereocenters. The predicted octanol–water partition coefficient (Wildman–Crippen LogP) is 2.29. The highest BCUT2D eigenvalue weighted by Crippen LogP contribution is 2.25. The average Bonchev–Trinajstić information content (AvgIpc) is 2.47. The number of nitro groups is 1. The number of carbonyl (C=O) groups is 1. The Kier molecular flexibility index (Phi) is 4.90. The Morgan fingerprint density at radius 3 is 2.90 bits per heavy atom. The molecule has 0 spiro atoms. The smallest absolute Gasteiger partial charge is 0.269 e. The Morgan fingerprint density at radius 2 is 2.24 bits per heavy atom. The fourth-order valence-corrected chi connectivity index (χ4v) is 2.79. The first-order valence-corrected chi connectivity index (χ1v) is 7.27. The molecule has 1 aromatic rings. The number of nitrogens with two attached hydrogens (primary N) is 1. The molecule has 6 nitrogen and oxygen atoms in total. The number of amides is 1. The summed E-state index contributed by atoms with van der Waals surface area (Å²) in [5.74, 6) is -0.0564. The summed E-state index contributed by atoms with van der Waals surface area (Å²) in [6, 6.07) is 6.20. The highest BCUT2D eigenvalue weighted by molar-refractivity contribution is 5.79. The van der Waals surface area contributed by atoms with E-state index in [1.165, 1.54) is 12.1 Å². The minimum absolute atomic E-state index is 0.0100. The Balaban J connectivity index is 2.00. The van der Waals surface area contributed by atoms with Crippen LogP contribution < -0.4 is 11.1 Å². The summed E-state index contributed by atoms with van der Waals surface area (Å²) < 4.78 is 0. The predicted molar refractivity (Wildman–Crippen MR) is 79.6 cm³/mol. The van der Waals surface area contributed by atoms with Crippen molar-refractivity contribution in [3.8, 4) is 0 Å². The standard InChI is InChI=1S/C15H21N3O3/c1-10(11-4-3-7-14(9-11)18(20)21)17-15(19)12-5-2-6-13(16)8-12/h3-4,7,9-10,12-13H,2,5-6,8,16H2,1H3,(H,17,19). The molecule has 1 aliphatic rings. The maximum atomic E-state index is 12.2. The number of nitrogens with one attached hydrogen (secondary N) is 1. The summed E-state index contributed by atoms with van der Waals surface area (Å²) in [6.07, 6.45) is 3.53. The molecule has 114 valence electrons. The number of rotatable bonds is 4. The summed E-state index contributed by atoms with van der Waals surface area (Å²) in [7, 11) is 0. The lowest BCUT2D eigenvalue weighted by atomic mass is 9.85. The van der Waals surface area contributed by atoms with Crippen LogP contribution in [0.3, 0.4) is 0 Å². The van der Waals surface area contributed by atoms with Crippen LogP contribution in [0.15, 0.2) is 24.3 Å². The van der Waals surface area contributed by atoms with Crippen molar-refractivity contribution < 1.29 is 9.72 Å². The van der Waals surface area contributed by atoms with E-state index in [9.17, 15) is 14.9 Å². The molecule has 6 heteroatoms. The maximum absolute atomic E-state index is 12.2. The van der Waals surface area contributed by atoms with Crippen molar-refractivity contribution in [2.75, 3.05) is 0 Å². The zero-order valence-electron chi connectivity index (χ0n) is 12.1. The number of non-ortho nitro benzene ring substituents is 1. The number of benzene rings is 1. The fourth-order valence-electron chi connectivity index (χ4n) is 2.79. The normalized spacial score (nSPS) is 23.3. The molecule has 21 heavy (non-hydrogen) atoms. The van der Waals surface area contributed by atoms with E-state index < -0.39 is 4.92 Å². The van der Waals surface area contributed by atoms with E-state index in [0.717, 1.165) is 24.8 Å². The molecule has 3 N–H and O–H groups in total. The largest absolute Gasteiger partial charge is 0.349 e. The van der Waals surface area contributed by atoms with Crippen molar-refractivity contribution >= 4 is 11.6 Å². The second-order valence-electron chi connectivity index (χ2n) is 5.71. The van der Waals surface area contributed by atoms with Gasteiger partial charge in [0.25, 0.3) is 5.69 Å². The van der Waals surface area contributed by atoms with Gasteiger partial charge in [-0.1, -0.05) is 18.6 Å². The van der Waals surface area contributed by atoms with E-state index >= 15 is 0 Å². The molecule has 1 amide bonds. The van der Waals surface area contributed by atoms with Gasteiger partial charge in [-0.3, -0.25) is 14.9 Å². The fraction of sp³-hybridized carbons (Fsp3) is 0.533. The number of nitrogens with zero attached hydrogens (tertiary/aromatic N) is 1. The van der Waals surface area contributed by atoms with E-state index in [4.69, 9.17) is 5.73 Å². The van der Waals surface area contributed by atoms with Crippen LogP contribution in [0.25, 0.3) is 0 Å². The second kappa shape index (κ2) is 6.67. The van der Waals surface area contributed by atoms with Crippen LogP contribution in [0.2, 0.25) is 0 Å². The molecule has 1 aromatic carbocycles. The minimum Gasteiger partial charge on any atom is -0.349 e. The van der Waals surface area contributed by atoms with E-state index in [2.05, 4.69) is 5.32 Å². The molecule has 3 atom stereocenters. The summed E-state index contributed by atoms with van der Waals surface area (Å²) in [4.78, 5) is 22.6. The summed E-state index contributed by atoms with van der Waals surface area (Å²) >= 11 is 0. The van der Waals surface area contributed by atoms with Gasteiger partial charge in [0, 0.05) is 24.1 Å². The van der Waals surface area contributed by atoms with Gasteiger partial charge in [-0.25, -0.2) is 0 Å². The number of hydrogen-bond donors (Lipinski definition) is 2. The first-order valence-electron chi connectivity index (χ1n) is 7.27. The molecule has 1 fully saturated rings. The molecule has 0 aromatic heterocycles.